The minimum atomic E-state index is 0.305. The quantitative estimate of drug-likeness (QED) is 0.736. The number of benzene rings is 1. The molecule has 1 nitrogen and oxygen atoms in total. The smallest absolute Gasteiger partial charge is 0.0464 e. The Balaban J connectivity index is 1.95. The van der Waals surface area contributed by atoms with Crippen molar-refractivity contribution in [3.05, 3.63) is 33.3 Å². The van der Waals surface area contributed by atoms with E-state index in [1.165, 1.54) is 37.7 Å². The van der Waals surface area contributed by atoms with Gasteiger partial charge in [-0.2, -0.15) is 0 Å². The van der Waals surface area contributed by atoms with Crippen molar-refractivity contribution >= 4 is 27.5 Å². The van der Waals surface area contributed by atoms with Crippen LogP contribution in [-0.2, 0) is 0 Å². The SMILES string of the molecule is CC(NCC1(C)CCCCC1)c1ccc(Br)cc1Cl. The van der Waals surface area contributed by atoms with Crippen LogP contribution in [0.5, 0.6) is 0 Å². The highest BCUT2D eigenvalue weighted by atomic mass is 79.9. The van der Waals surface area contributed by atoms with E-state index in [1.54, 1.807) is 0 Å². The molecule has 3 heteroatoms. The molecule has 0 aromatic heterocycles. The van der Waals surface area contributed by atoms with Crippen LogP contribution in [0.2, 0.25) is 5.02 Å². The highest BCUT2D eigenvalue weighted by Gasteiger charge is 2.27. The first-order chi connectivity index (χ1) is 9.00. The predicted molar refractivity (Wildman–Crippen MR) is 86.8 cm³/mol. The number of nitrogens with one attached hydrogen (secondary N) is 1. The standard InChI is InChI=1S/C16H23BrClN/c1-12(14-7-6-13(17)10-15(14)18)19-11-16(2)8-4-3-5-9-16/h6-7,10,12,19H,3-5,8-9,11H2,1-2H3. The molecule has 1 fully saturated rings. The van der Waals surface area contributed by atoms with Crippen LogP contribution in [0, 0.1) is 5.41 Å². The number of hydrogen-bond donors (Lipinski definition) is 1. The summed E-state index contributed by atoms with van der Waals surface area (Å²) in [5.74, 6) is 0. The molecule has 1 aromatic carbocycles. The molecule has 0 bridgehead atoms. The summed E-state index contributed by atoms with van der Waals surface area (Å²) >= 11 is 9.76. The largest absolute Gasteiger partial charge is 0.310 e. The summed E-state index contributed by atoms with van der Waals surface area (Å²) in [5, 5.41) is 4.51. The Morgan fingerprint density at radius 2 is 2.00 bits per heavy atom. The van der Waals surface area contributed by atoms with Crippen LogP contribution in [0.3, 0.4) is 0 Å². The third-order valence-corrected chi connectivity index (χ3v) is 5.15. The molecule has 106 valence electrons. The van der Waals surface area contributed by atoms with Crippen LogP contribution in [-0.4, -0.2) is 6.54 Å². The summed E-state index contributed by atoms with van der Waals surface area (Å²) in [5.41, 5.74) is 1.65. The van der Waals surface area contributed by atoms with Gasteiger partial charge in [-0.1, -0.05) is 59.8 Å². The van der Waals surface area contributed by atoms with Crippen LogP contribution >= 0.6 is 27.5 Å². The third kappa shape index (κ3) is 4.21. The van der Waals surface area contributed by atoms with E-state index in [-0.39, 0.29) is 0 Å². The van der Waals surface area contributed by atoms with E-state index < -0.39 is 0 Å². The lowest BCUT2D eigenvalue weighted by Gasteiger charge is -2.35. The molecule has 1 N–H and O–H groups in total. The Morgan fingerprint density at radius 3 is 2.63 bits per heavy atom. The molecular formula is C16H23BrClN. The van der Waals surface area contributed by atoms with E-state index in [9.17, 15) is 0 Å². The van der Waals surface area contributed by atoms with Crippen molar-refractivity contribution in [2.24, 2.45) is 5.41 Å². The summed E-state index contributed by atoms with van der Waals surface area (Å²) < 4.78 is 1.03. The molecule has 0 heterocycles. The Labute approximate surface area is 130 Å². The molecule has 1 saturated carbocycles. The molecule has 1 aromatic rings. The lowest BCUT2D eigenvalue weighted by atomic mass is 9.75. The van der Waals surface area contributed by atoms with Crippen molar-refractivity contribution in [1.29, 1.82) is 0 Å². The van der Waals surface area contributed by atoms with Gasteiger partial charge in [-0.05, 0) is 42.9 Å². The average Bonchev–Trinajstić information content (AvgIpc) is 2.37. The van der Waals surface area contributed by atoms with Gasteiger partial charge in [-0.15, -0.1) is 0 Å². The monoisotopic (exact) mass is 343 g/mol. The molecule has 19 heavy (non-hydrogen) atoms. The zero-order chi connectivity index (χ0) is 13.9. The number of rotatable bonds is 4. The molecule has 2 rings (SSSR count). The topological polar surface area (TPSA) is 12.0 Å². The van der Waals surface area contributed by atoms with E-state index >= 15 is 0 Å². The summed E-state index contributed by atoms with van der Waals surface area (Å²) in [6, 6.07) is 6.44. The predicted octanol–water partition coefficient (Wildman–Crippen LogP) is 5.72. The highest BCUT2D eigenvalue weighted by Crippen LogP contribution is 2.36. The summed E-state index contributed by atoms with van der Waals surface area (Å²) in [4.78, 5) is 0. The normalized spacial score (nSPS) is 20.2. The van der Waals surface area contributed by atoms with Crippen molar-refractivity contribution < 1.29 is 0 Å². The fourth-order valence-electron chi connectivity index (χ4n) is 2.94. The number of hydrogen-bond acceptors (Lipinski definition) is 1. The van der Waals surface area contributed by atoms with Crippen molar-refractivity contribution in [2.45, 2.75) is 52.0 Å². The maximum absolute atomic E-state index is 6.31. The molecule has 1 aliphatic rings. The van der Waals surface area contributed by atoms with Gasteiger partial charge in [0, 0.05) is 22.1 Å². The first-order valence-electron chi connectivity index (χ1n) is 7.18. The van der Waals surface area contributed by atoms with Crippen molar-refractivity contribution in [1.82, 2.24) is 5.32 Å². The number of halogens is 2. The lowest BCUT2D eigenvalue weighted by molar-refractivity contribution is 0.202. The van der Waals surface area contributed by atoms with Crippen molar-refractivity contribution in [2.75, 3.05) is 6.54 Å². The zero-order valence-corrected chi connectivity index (χ0v) is 14.1. The average molecular weight is 345 g/mol. The van der Waals surface area contributed by atoms with Crippen LogP contribution in [0.1, 0.15) is 57.6 Å². The zero-order valence-electron chi connectivity index (χ0n) is 11.8. The maximum Gasteiger partial charge on any atom is 0.0464 e. The fraction of sp³-hybridized carbons (Fsp3) is 0.625. The van der Waals surface area contributed by atoms with E-state index in [0.29, 0.717) is 11.5 Å². The fourth-order valence-corrected chi connectivity index (χ4v) is 3.78. The van der Waals surface area contributed by atoms with E-state index in [2.05, 4.69) is 47.2 Å². The van der Waals surface area contributed by atoms with E-state index in [1.807, 2.05) is 6.07 Å². The van der Waals surface area contributed by atoms with E-state index in [4.69, 9.17) is 11.6 Å². The molecule has 0 amide bonds. The molecule has 1 aliphatic carbocycles. The Kier molecular flexibility index (Phi) is 5.33. The van der Waals surface area contributed by atoms with Crippen LogP contribution in [0.25, 0.3) is 0 Å². The molecule has 0 saturated heterocycles. The van der Waals surface area contributed by atoms with Gasteiger partial charge in [0.25, 0.3) is 0 Å². The van der Waals surface area contributed by atoms with Gasteiger partial charge in [0.15, 0.2) is 0 Å². The molecular weight excluding hydrogens is 322 g/mol. The summed E-state index contributed by atoms with van der Waals surface area (Å²) in [6.07, 6.45) is 6.86. The van der Waals surface area contributed by atoms with Crippen molar-refractivity contribution in [3.63, 3.8) is 0 Å². The van der Waals surface area contributed by atoms with E-state index in [0.717, 1.165) is 16.0 Å². The van der Waals surface area contributed by atoms with Gasteiger partial charge in [-0.3, -0.25) is 0 Å². The van der Waals surface area contributed by atoms with Gasteiger partial charge in [-0.25, -0.2) is 0 Å². The van der Waals surface area contributed by atoms with Gasteiger partial charge >= 0.3 is 0 Å². The Morgan fingerprint density at radius 1 is 1.32 bits per heavy atom. The van der Waals surface area contributed by atoms with Gasteiger partial charge < -0.3 is 5.32 Å². The Bertz CT molecular complexity index is 427. The summed E-state index contributed by atoms with van der Waals surface area (Å²) in [6.45, 7) is 5.69. The van der Waals surface area contributed by atoms with Crippen LogP contribution in [0.15, 0.2) is 22.7 Å². The maximum atomic E-state index is 6.31. The third-order valence-electron chi connectivity index (χ3n) is 4.32. The summed E-state index contributed by atoms with van der Waals surface area (Å²) in [7, 11) is 0. The second-order valence-corrected chi connectivity index (χ2v) is 7.46. The first-order valence-corrected chi connectivity index (χ1v) is 8.36. The van der Waals surface area contributed by atoms with Gasteiger partial charge in [0.1, 0.15) is 0 Å². The highest BCUT2D eigenvalue weighted by molar-refractivity contribution is 9.10. The lowest BCUT2D eigenvalue weighted by Crippen LogP contribution is -2.35. The molecule has 0 spiro atoms. The Hall–Kier alpha value is -0.0500. The van der Waals surface area contributed by atoms with Crippen LogP contribution < -0.4 is 5.32 Å². The second-order valence-electron chi connectivity index (χ2n) is 6.14. The minimum absolute atomic E-state index is 0.305. The molecule has 1 atom stereocenters. The molecule has 0 radical (unpaired) electrons. The molecule has 0 aliphatic heterocycles. The molecule has 1 unspecified atom stereocenters. The first kappa shape index (κ1) is 15.3. The second kappa shape index (κ2) is 6.60. The van der Waals surface area contributed by atoms with Gasteiger partial charge in [0.2, 0.25) is 0 Å². The van der Waals surface area contributed by atoms with Gasteiger partial charge in [0.05, 0.1) is 0 Å². The minimum Gasteiger partial charge on any atom is -0.310 e. The van der Waals surface area contributed by atoms with Crippen molar-refractivity contribution in [3.8, 4) is 0 Å². The van der Waals surface area contributed by atoms with Crippen LogP contribution in [0.4, 0.5) is 0 Å².